The molecule has 258 valence electrons. The van der Waals surface area contributed by atoms with E-state index >= 15 is 0 Å². The van der Waals surface area contributed by atoms with E-state index in [0.29, 0.717) is 52.6 Å². The first-order valence-corrected chi connectivity index (χ1v) is 17.0. The number of benzene rings is 1. The lowest BCUT2D eigenvalue weighted by atomic mass is 10.2. The summed E-state index contributed by atoms with van der Waals surface area (Å²) in [5, 5.41) is 42.9. The Morgan fingerprint density at radius 1 is 0.455 bits per heavy atom. The van der Waals surface area contributed by atoms with Crippen LogP contribution in [-0.2, 0) is 18.9 Å². The van der Waals surface area contributed by atoms with Crippen molar-refractivity contribution in [3.05, 3.63) is 24.3 Å². The maximum absolute atomic E-state index is 10.7. The number of ether oxygens (including phenoxy) is 4. The molecule has 4 unspecified atom stereocenters. The highest BCUT2D eigenvalue weighted by molar-refractivity contribution is 5.57. The molecule has 0 saturated carbocycles. The molecule has 0 heterocycles. The van der Waals surface area contributed by atoms with Crippen LogP contribution < -0.4 is 9.80 Å². The number of aliphatic hydroxyl groups is 4. The predicted octanol–water partition coefficient (Wildman–Crippen LogP) is 4.01. The largest absolute Gasteiger partial charge is 0.389 e. The normalized spacial score (nSPS) is 14.4. The molecule has 0 aromatic heterocycles. The summed E-state index contributed by atoms with van der Waals surface area (Å²) in [5.74, 6) is 0. The summed E-state index contributed by atoms with van der Waals surface area (Å²) in [6.45, 7) is 12.9. The lowest BCUT2D eigenvalue weighted by Crippen LogP contribution is -2.42. The number of hydrogen-bond acceptors (Lipinski definition) is 10. The first-order chi connectivity index (χ1) is 21.3. The van der Waals surface area contributed by atoms with Gasteiger partial charge in [-0.2, -0.15) is 0 Å². The van der Waals surface area contributed by atoms with Gasteiger partial charge in [0.15, 0.2) is 0 Å². The minimum absolute atomic E-state index is 0.224. The monoisotopic (exact) mass is 628 g/mol. The number of hydrogen-bond donors (Lipinski definition) is 4. The molecule has 10 nitrogen and oxygen atoms in total. The number of nitrogens with zero attached hydrogens (tertiary/aromatic N) is 2. The van der Waals surface area contributed by atoms with Gasteiger partial charge in [-0.25, -0.2) is 0 Å². The van der Waals surface area contributed by atoms with E-state index < -0.39 is 24.4 Å². The van der Waals surface area contributed by atoms with E-state index in [1.807, 2.05) is 34.1 Å². The van der Waals surface area contributed by atoms with Gasteiger partial charge in [0.2, 0.25) is 0 Å². The summed E-state index contributed by atoms with van der Waals surface area (Å²) < 4.78 is 22.6. The van der Waals surface area contributed by atoms with Crippen LogP contribution in [0.5, 0.6) is 0 Å². The summed E-state index contributed by atoms with van der Waals surface area (Å²) in [6, 6.07) is 7.75. The molecule has 4 atom stereocenters. The lowest BCUT2D eigenvalue weighted by Gasteiger charge is -2.32. The topological polar surface area (TPSA) is 124 Å². The molecule has 1 aromatic rings. The highest BCUT2D eigenvalue weighted by Gasteiger charge is 2.20. The van der Waals surface area contributed by atoms with Crippen molar-refractivity contribution in [1.29, 1.82) is 0 Å². The van der Waals surface area contributed by atoms with Gasteiger partial charge in [-0.15, -0.1) is 0 Å². The van der Waals surface area contributed by atoms with Gasteiger partial charge in [0.25, 0.3) is 0 Å². The van der Waals surface area contributed by atoms with Gasteiger partial charge >= 0.3 is 0 Å². The lowest BCUT2D eigenvalue weighted by molar-refractivity contribution is 0.0287. The van der Waals surface area contributed by atoms with Crippen molar-refractivity contribution < 1.29 is 39.4 Å². The molecule has 10 heteroatoms. The van der Waals surface area contributed by atoms with E-state index in [-0.39, 0.29) is 26.4 Å². The first-order valence-electron chi connectivity index (χ1n) is 17.0. The van der Waals surface area contributed by atoms with Gasteiger partial charge < -0.3 is 49.2 Å². The second-order valence-electron chi connectivity index (χ2n) is 11.7. The van der Waals surface area contributed by atoms with Crippen molar-refractivity contribution in [1.82, 2.24) is 0 Å². The van der Waals surface area contributed by atoms with Crippen molar-refractivity contribution in [2.75, 3.05) is 88.8 Å². The minimum atomic E-state index is -0.720. The molecule has 1 aromatic carbocycles. The van der Waals surface area contributed by atoms with E-state index in [4.69, 9.17) is 18.9 Å². The Morgan fingerprint density at radius 2 is 0.682 bits per heavy atom. The average molecular weight is 629 g/mol. The van der Waals surface area contributed by atoms with Crippen molar-refractivity contribution in [2.45, 2.75) is 103 Å². The molecule has 0 spiro atoms. The quantitative estimate of drug-likeness (QED) is 0.0930. The van der Waals surface area contributed by atoms with Crippen LogP contribution in [0.25, 0.3) is 0 Å². The fraction of sp³-hybridized carbons (Fsp3) is 0.824. The van der Waals surface area contributed by atoms with Gasteiger partial charge in [0, 0.05) is 64.0 Å². The van der Waals surface area contributed by atoms with Crippen LogP contribution in [0.3, 0.4) is 0 Å². The standard InChI is InChI=1S/C34H64N2O8/c1-5-9-17-41-25-31(37)21-35(22-32(38)26-42-18-10-6-2)29-13-15-30(16-14-29)36(23-33(39)27-43-19-11-7-3)24-34(40)28-44-20-12-8-4/h13-16,31-34,37-40H,5-12,17-28H2,1-4H3. The number of anilines is 2. The van der Waals surface area contributed by atoms with E-state index in [1.165, 1.54) is 0 Å². The second kappa shape index (κ2) is 26.7. The Labute approximate surface area is 267 Å². The molecule has 0 fully saturated rings. The van der Waals surface area contributed by atoms with Crippen LogP contribution in [0.1, 0.15) is 79.1 Å². The molecule has 0 bridgehead atoms. The van der Waals surface area contributed by atoms with Crippen LogP contribution >= 0.6 is 0 Å². The number of aliphatic hydroxyl groups excluding tert-OH is 4. The molecule has 0 amide bonds. The fourth-order valence-corrected chi connectivity index (χ4v) is 4.54. The molecular formula is C34H64N2O8. The van der Waals surface area contributed by atoms with Crippen molar-refractivity contribution in [2.24, 2.45) is 0 Å². The fourth-order valence-electron chi connectivity index (χ4n) is 4.54. The zero-order chi connectivity index (χ0) is 32.4. The summed E-state index contributed by atoms with van der Waals surface area (Å²) in [7, 11) is 0. The predicted molar refractivity (Wildman–Crippen MR) is 178 cm³/mol. The Kier molecular flexibility index (Phi) is 24.6. The zero-order valence-corrected chi connectivity index (χ0v) is 28.1. The van der Waals surface area contributed by atoms with Crippen LogP contribution in [0.15, 0.2) is 24.3 Å². The van der Waals surface area contributed by atoms with E-state index in [2.05, 4.69) is 27.7 Å². The highest BCUT2D eigenvalue weighted by atomic mass is 16.5. The third kappa shape index (κ3) is 19.8. The van der Waals surface area contributed by atoms with Gasteiger partial charge in [0.05, 0.1) is 50.8 Å². The van der Waals surface area contributed by atoms with Gasteiger partial charge in [-0.3, -0.25) is 0 Å². The molecule has 0 aliphatic heterocycles. The van der Waals surface area contributed by atoms with Crippen molar-refractivity contribution in [3.8, 4) is 0 Å². The Hall–Kier alpha value is -1.50. The van der Waals surface area contributed by atoms with Crippen molar-refractivity contribution >= 4 is 11.4 Å². The Balaban J connectivity index is 3.01. The van der Waals surface area contributed by atoms with E-state index in [9.17, 15) is 20.4 Å². The first kappa shape index (κ1) is 40.5. The number of rotatable bonds is 30. The molecule has 44 heavy (non-hydrogen) atoms. The average Bonchev–Trinajstić information content (AvgIpc) is 3.01. The van der Waals surface area contributed by atoms with Gasteiger partial charge in [-0.1, -0.05) is 53.4 Å². The third-order valence-electron chi connectivity index (χ3n) is 7.11. The molecule has 4 N–H and O–H groups in total. The highest BCUT2D eigenvalue weighted by Crippen LogP contribution is 2.23. The summed E-state index contributed by atoms with van der Waals surface area (Å²) in [4.78, 5) is 3.89. The molecule has 0 saturated heterocycles. The maximum Gasteiger partial charge on any atom is 0.0948 e. The summed E-state index contributed by atoms with van der Waals surface area (Å²) in [5.41, 5.74) is 1.67. The van der Waals surface area contributed by atoms with Gasteiger partial charge in [0.1, 0.15) is 0 Å². The Morgan fingerprint density at radius 3 is 0.886 bits per heavy atom. The number of unbranched alkanes of at least 4 members (excludes halogenated alkanes) is 4. The third-order valence-corrected chi connectivity index (χ3v) is 7.11. The van der Waals surface area contributed by atoms with Crippen LogP contribution in [0.4, 0.5) is 11.4 Å². The zero-order valence-electron chi connectivity index (χ0n) is 28.1. The molecule has 0 aliphatic rings. The van der Waals surface area contributed by atoms with Crippen LogP contribution in [0.2, 0.25) is 0 Å². The van der Waals surface area contributed by atoms with Crippen LogP contribution in [-0.4, -0.2) is 124 Å². The Bertz CT molecular complexity index is 669. The SMILES string of the molecule is CCCCOCC(O)CN(CC(O)COCCCC)c1ccc(N(CC(O)COCCCC)CC(O)COCCCC)cc1. The van der Waals surface area contributed by atoms with Gasteiger partial charge in [-0.05, 0) is 49.9 Å². The molecular weight excluding hydrogens is 564 g/mol. The molecule has 0 aliphatic carbocycles. The minimum Gasteiger partial charge on any atom is -0.389 e. The van der Waals surface area contributed by atoms with Crippen molar-refractivity contribution in [3.63, 3.8) is 0 Å². The summed E-state index contributed by atoms with van der Waals surface area (Å²) >= 11 is 0. The second-order valence-corrected chi connectivity index (χ2v) is 11.7. The van der Waals surface area contributed by atoms with E-state index in [1.54, 1.807) is 0 Å². The van der Waals surface area contributed by atoms with Crippen LogP contribution in [0, 0.1) is 0 Å². The summed E-state index contributed by atoms with van der Waals surface area (Å²) in [6.07, 6.45) is 5.02. The molecule has 0 radical (unpaired) electrons. The molecule has 1 rings (SSSR count). The smallest absolute Gasteiger partial charge is 0.0948 e. The van der Waals surface area contributed by atoms with E-state index in [0.717, 1.165) is 62.7 Å². The maximum atomic E-state index is 10.7.